The second-order valence-corrected chi connectivity index (χ2v) is 3.43. The van der Waals surface area contributed by atoms with Gasteiger partial charge >= 0.3 is 0 Å². The molecule has 11 heavy (non-hydrogen) atoms. The predicted molar refractivity (Wildman–Crippen MR) is 42.3 cm³/mol. The van der Waals surface area contributed by atoms with Gasteiger partial charge in [0.2, 0.25) is 0 Å². The molecule has 0 aromatic rings. The Labute approximate surface area is 65.7 Å². The van der Waals surface area contributed by atoms with Crippen molar-refractivity contribution in [3.63, 3.8) is 0 Å². The van der Waals surface area contributed by atoms with E-state index in [2.05, 4.69) is 4.99 Å². The fraction of sp³-hybridized carbons (Fsp3) is 0.750. The molecule has 60 valence electrons. The lowest BCUT2D eigenvalue weighted by Crippen LogP contribution is -2.30. The molecule has 1 fully saturated rings. The number of hydrogen-bond donors (Lipinski definition) is 1. The Bertz CT molecular complexity index is 212. The minimum absolute atomic E-state index is 0.150. The zero-order chi connectivity index (χ0) is 7.84. The van der Waals surface area contributed by atoms with Gasteiger partial charge in [-0.25, -0.2) is 0 Å². The van der Waals surface area contributed by atoms with Gasteiger partial charge < -0.3 is 10.5 Å². The summed E-state index contributed by atoms with van der Waals surface area (Å²) in [5.41, 5.74) is 5.68. The van der Waals surface area contributed by atoms with Crippen molar-refractivity contribution >= 4 is 12.1 Å². The number of amidine groups is 1. The number of nitrogens with two attached hydrogens (primary N) is 1. The van der Waals surface area contributed by atoms with Gasteiger partial charge in [0.1, 0.15) is 6.29 Å². The molecule has 0 spiro atoms. The number of fused-ring (bicyclic) bond motifs is 2. The third-order valence-electron chi connectivity index (χ3n) is 2.76. The molecule has 0 aromatic carbocycles. The van der Waals surface area contributed by atoms with Crippen molar-refractivity contribution in [1.82, 2.24) is 0 Å². The lowest BCUT2D eigenvalue weighted by Gasteiger charge is -2.23. The standard InChI is InChI=1S/C8H12N2O/c9-8-7-3-6(10-8)2-1-5(7)4-11/h4-7H,1-3H2,(H2,9,10). The van der Waals surface area contributed by atoms with Crippen LogP contribution < -0.4 is 5.73 Å². The van der Waals surface area contributed by atoms with E-state index in [0.717, 1.165) is 25.5 Å². The molecule has 1 saturated carbocycles. The summed E-state index contributed by atoms with van der Waals surface area (Å²) < 4.78 is 0. The fourth-order valence-corrected chi connectivity index (χ4v) is 2.10. The maximum atomic E-state index is 10.6. The van der Waals surface area contributed by atoms with Crippen molar-refractivity contribution < 1.29 is 4.79 Å². The summed E-state index contributed by atoms with van der Waals surface area (Å²) in [5, 5.41) is 0. The Kier molecular flexibility index (Phi) is 1.44. The van der Waals surface area contributed by atoms with Gasteiger partial charge in [-0.15, -0.1) is 0 Å². The van der Waals surface area contributed by atoms with Crippen molar-refractivity contribution in [2.24, 2.45) is 22.6 Å². The van der Waals surface area contributed by atoms with E-state index in [0.29, 0.717) is 11.9 Å². The Balaban J connectivity index is 2.20. The SMILES string of the molecule is NC1=NC2CCC(C=O)C1C2. The van der Waals surface area contributed by atoms with Crippen LogP contribution in [0.1, 0.15) is 19.3 Å². The average molecular weight is 152 g/mol. The van der Waals surface area contributed by atoms with Crippen molar-refractivity contribution in [1.29, 1.82) is 0 Å². The van der Waals surface area contributed by atoms with Crippen LogP contribution in [0.4, 0.5) is 0 Å². The molecule has 2 aliphatic rings. The van der Waals surface area contributed by atoms with Gasteiger partial charge in [-0.3, -0.25) is 4.99 Å². The minimum Gasteiger partial charge on any atom is -0.387 e. The highest BCUT2D eigenvalue weighted by Crippen LogP contribution is 2.35. The number of hydrogen-bond acceptors (Lipinski definition) is 3. The molecule has 1 heterocycles. The van der Waals surface area contributed by atoms with Crippen molar-refractivity contribution in [3.05, 3.63) is 0 Å². The molecule has 2 rings (SSSR count). The second-order valence-electron chi connectivity index (χ2n) is 3.43. The van der Waals surface area contributed by atoms with E-state index < -0.39 is 0 Å². The molecule has 2 bridgehead atoms. The summed E-state index contributed by atoms with van der Waals surface area (Å²) in [6.07, 6.45) is 4.06. The molecule has 3 unspecified atom stereocenters. The highest BCUT2D eigenvalue weighted by molar-refractivity contribution is 5.87. The zero-order valence-corrected chi connectivity index (χ0v) is 6.36. The van der Waals surface area contributed by atoms with Crippen LogP contribution >= 0.6 is 0 Å². The monoisotopic (exact) mass is 152 g/mol. The highest BCUT2D eigenvalue weighted by Gasteiger charge is 2.37. The Morgan fingerprint density at radius 3 is 3.09 bits per heavy atom. The normalized spacial score (nSPS) is 41.8. The topological polar surface area (TPSA) is 55.4 Å². The van der Waals surface area contributed by atoms with Crippen molar-refractivity contribution in [2.75, 3.05) is 0 Å². The third kappa shape index (κ3) is 0.951. The maximum Gasteiger partial charge on any atom is 0.123 e. The molecule has 2 N–H and O–H groups in total. The van der Waals surface area contributed by atoms with Gasteiger partial charge in [0.05, 0.1) is 11.9 Å². The average Bonchev–Trinajstić information content (AvgIpc) is 2.30. The molecular weight excluding hydrogens is 140 g/mol. The smallest absolute Gasteiger partial charge is 0.123 e. The van der Waals surface area contributed by atoms with Crippen LogP contribution in [0.3, 0.4) is 0 Å². The summed E-state index contributed by atoms with van der Waals surface area (Å²) in [6, 6.07) is 0.427. The molecule has 0 aromatic heterocycles. The van der Waals surface area contributed by atoms with Crippen LogP contribution in [0.25, 0.3) is 0 Å². The van der Waals surface area contributed by atoms with Crippen LogP contribution in [0, 0.1) is 11.8 Å². The van der Waals surface area contributed by atoms with E-state index in [1.807, 2.05) is 0 Å². The van der Waals surface area contributed by atoms with Crippen LogP contribution in [0.5, 0.6) is 0 Å². The van der Waals surface area contributed by atoms with E-state index >= 15 is 0 Å². The summed E-state index contributed by atoms with van der Waals surface area (Å²) >= 11 is 0. The maximum absolute atomic E-state index is 10.6. The van der Waals surface area contributed by atoms with E-state index in [1.54, 1.807) is 0 Å². The Morgan fingerprint density at radius 1 is 1.55 bits per heavy atom. The molecule has 1 aliphatic heterocycles. The number of rotatable bonds is 1. The molecule has 3 nitrogen and oxygen atoms in total. The first kappa shape index (κ1) is 6.83. The summed E-state index contributed by atoms with van der Waals surface area (Å²) in [7, 11) is 0. The Morgan fingerprint density at radius 2 is 2.36 bits per heavy atom. The molecule has 1 aliphatic carbocycles. The van der Waals surface area contributed by atoms with Crippen molar-refractivity contribution in [2.45, 2.75) is 25.3 Å². The number of aliphatic imine (C=N–C) groups is 1. The van der Waals surface area contributed by atoms with E-state index in [1.165, 1.54) is 0 Å². The summed E-state index contributed by atoms with van der Waals surface area (Å²) in [6.45, 7) is 0. The highest BCUT2D eigenvalue weighted by atomic mass is 16.1. The van der Waals surface area contributed by atoms with Crippen LogP contribution in [0.15, 0.2) is 4.99 Å². The van der Waals surface area contributed by atoms with E-state index in [4.69, 9.17) is 5.73 Å². The summed E-state index contributed by atoms with van der Waals surface area (Å²) in [5.74, 6) is 1.13. The van der Waals surface area contributed by atoms with Gasteiger partial charge in [-0.2, -0.15) is 0 Å². The van der Waals surface area contributed by atoms with Gasteiger partial charge in [0.25, 0.3) is 0 Å². The zero-order valence-electron chi connectivity index (χ0n) is 6.36. The van der Waals surface area contributed by atoms with Gasteiger partial charge in [-0.05, 0) is 19.3 Å². The van der Waals surface area contributed by atoms with Gasteiger partial charge in [-0.1, -0.05) is 0 Å². The molecule has 0 amide bonds. The fourth-order valence-electron chi connectivity index (χ4n) is 2.10. The number of aldehydes is 1. The lowest BCUT2D eigenvalue weighted by molar-refractivity contribution is -0.112. The third-order valence-corrected chi connectivity index (χ3v) is 2.76. The van der Waals surface area contributed by atoms with Crippen LogP contribution in [0.2, 0.25) is 0 Å². The number of carbonyl (C=O) groups is 1. The van der Waals surface area contributed by atoms with E-state index in [-0.39, 0.29) is 11.8 Å². The van der Waals surface area contributed by atoms with E-state index in [9.17, 15) is 4.79 Å². The van der Waals surface area contributed by atoms with Crippen LogP contribution in [-0.4, -0.2) is 18.2 Å². The minimum atomic E-state index is 0.150. The largest absolute Gasteiger partial charge is 0.387 e. The van der Waals surface area contributed by atoms with Crippen LogP contribution in [-0.2, 0) is 4.79 Å². The molecular formula is C8H12N2O. The Hall–Kier alpha value is -0.860. The lowest BCUT2D eigenvalue weighted by atomic mass is 9.80. The molecule has 3 heteroatoms. The first-order valence-electron chi connectivity index (χ1n) is 4.09. The molecule has 0 saturated heterocycles. The van der Waals surface area contributed by atoms with Gasteiger partial charge in [0.15, 0.2) is 0 Å². The molecule has 3 atom stereocenters. The van der Waals surface area contributed by atoms with Crippen molar-refractivity contribution in [3.8, 4) is 0 Å². The molecule has 0 radical (unpaired) electrons. The number of carbonyl (C=O) groups excluding carboxylic acids is 1. The first-order valence-corrected chi connectivity index (χ1v) is 4.09. The van der Waals surface area contributed by atoms with Gasteiger partial charge in [0, 0.05) is 11.8 Å². The second kappa shape index (κ2) is 2.32. The first-order chi connectivity index (χ1) is 5.31. The quantitative estimate of drug-likeness (QED) is 0.551. The number of nitrogens with zero attached hydrogens (tertiary/aromatic N) is 1. The summed E-state index contributed by atoms with van der Waals surface area (Å²) in [4.78, 5) is 14.9. The predicted octanol–water partition coefficient (Wildman–Crippen LogP) is 0.341.